The Hall–Kier alpha value is 1.46. The Morgan fingerprint density at radius 2 is 1.33 bits per heavy atom. The minimum absolute atomic E-state index is 0.470. The zero-order valence-corrected chi connectivity index (χ0v) is 10.6. The maximum absolute atomic E-state index is 2.45. The largest absolute Gasteiger partial charge is 0.0826 e. The van der Waals surface area contributed by atoms with Crippen molar-refractivity contribution < 1.29 is 0 Å². The lowest BCUT2D eigenvalue weighted by molar-refractivity contribution is 0.847. The molecule has 1 aliphatic rings. The third-order valence-electron chi connectivity index (χ3n) is 0.507. The molecule has 0 atom stereocenters. The van der Waals surface area contributed by atoms with E-state index >= 15 is 0 Å². The average molecular weight is 352 g/mol. The molecule has 0 aromatic heterocycles. The fourth-order valence-corrected chi connectivity index (χ4v) is 0.423. The lowest BCUT2D eigenvalue weighted by Crippen LogP contribution is -1.97. The molecule has 0 radical (unpaired) electrons. The molecule has 1 fully saturated rings. The number of hydrogen-bond donors (Lipinski definition) is 0. The van der Waals surface area contributed by atoms with E-state index in [-0.39, 0.29) is 0 Å². The predicted molar refractivity (Wildman–Crippen MR) is 60.8 cm³/mol. The first-order valence-corrected chi connectivity index (χ1v) is 5.55. The summed E-state index contributed by atoms with van der Waals surface area (Å²) in [6.07, 6.45) is 2.95. The van der Waals surface area contributed by atoms with Gasteiger partial charge in [-0.2, -0.15) is 0 Å². The Morgan fingerprint density at radius 3 is 1.33 bits per heavy atom. The van der Waals surface area contributed by atoms with Gasteiger partial charge in [-0.05, 0) is 12.8 Å². The second-order valence-corrected chi connectivity index (χ2v) is 8.24. The van der Waals surface area contributed by atoms with E-state index in [1.54, 1.807) is 0 Å². The van der Waals surface area contributed by atoms with Gasteiger partial charge in [-0.3, -0.25) is 0 Å². The second-order valence-electron chi connectivity index (χ2n) is 3.24. The molecular weight excluding hydrogens is 338 g/mol. The van der Waals surface area contributed by atoms with Crippen molar-refractivity contribution in [3.63, 3.8) is 0 Å². The normalized spacial score (nSPS) is 18.3. The van der Waals surface area contributed by atoms with Crippen molar-refractivity contribution in [2.75, 3.05) is 0 Å². The van der Waals surface area contributed by atoms with Crippen LogP contribution in [0.15, 0.2) is 0 Å². The average Bonchev–Trinajstić information content (AvgIpc) is 2.13. The molecule has 56 valence electrons. The highest BCUT2D eigenvalue weighted by atomic mass is 127. The fourth-order valence-electron chi connectivity index (χ4n) is 0.0630. The molecule has 0 spiro atoms. The Labute approximate surface area is 85.5 Å². The van der Waals surface area contributed by atoms with Crippen molar-refractivity contribution in [2.45, 2.75) is 41.0 Å². The van der Waals surface area contributed by atoms with E-state index in [0.717, 1.165) is 3.92 Å². The Balaban J connectivity index is 0.000000144. The van der Waals surface area contributed by atoms with E-state index in [4.69, 9.17) is 0 Å². The van der Waals surface area contributed by atoms with E-state index in [2.05, 4.69) is 66.0 Å². The minimum atomic E-state index is 0.470. The molecule has 0 amide bonds. The summed E-state index contributed by atoms with van der Waals surface area (Å²) < 4.78 is 1.52. The molecule has 0 N–H and O–H groups in total. The molecule has 1 rings (SSSR count). The lowest BCUT2D eigenvalue weighted by atomic mass is 10.3. The summed E-state index contributed by atoms with van der Waals surface area (Å²) in [5.41, 5.74) is 0. The van der Waals surface area contributed by atoms with Crippen LogP contribution in [0.5, 0.6) is 0 Å². The van der Waals surface area contributed by atoms with Gasteiger partial charge in [0.15, 0.2) is 0 Å². The van der Waals surface area contributed by atoms with Crippen molar-refractivity contribution in [1.82, 2.24) is 0 Å². The predicted octanol–water partition coefficient (Wildman–Crippen LogP) is 3.80. The van der Waals surface area contributed by atoms with E-state index in [1.165, 1.54) is 12.8 Å². The van der Waals surface area contributed by atoms with Crippen LogP contribution in [-0.4, -0.2) is 7.35 Å². The van der Waals surface area contributed by atoms with Gasteiger partial charge in [-0.1, -0.05) is 66.0 Å². The summed E-state index contributed by atoms with van der Waals surface area (Å²) in [5.74, 6) is 0. The van der Waals surface area contributed by atoms with Gasteiger partial charge >= 0.3 is 0 Å². The molecule has 1 saturated carbocycles. The van der Waals surface area contributed by atoms with Crippen molar-refractivity contribution in [3.8, 4) is 0 Å². The molecule has 1 aliphatic carbocycles. The Morgan fingerprint density at radius 1 is 1.22 bits per heavy atom. The van der Waals surface area contributed by atoms with Crippen molar-refractivity contribution in [2.24, 2.45) is 0 Å². The van der Waals surface area contributed by atoms with Crippen molar-refractivity contribution in [1.29, 1.82) is 0 Å². The summed E-state index contributed by atoms with van der Waals surface area (Å²) in [4.78, 5) is 0. The van der Waals surface area contributed by atoms with Gasteiger partial charge in [0, 0.05) is 7.35 Å². The van der Waals surface area contributed by atoms with Crippen LogP contribution in [0.2, 0.25) is 0 Å². The van der Waals surface area contributed by atoms with E-state index < -0.39 is 0 Å². The van der Waals surface area contributed by atoms with E-state index in [1.807, 2.05) is 0 Å². The van der Waals surface area contributed by atoms with Crippen molar-refractivity contribution >= 4 is 45.2 Å². The number of rotatable bonds is 0. The van der Waals surface area contributed by atoms with Gasteiger partial charge in [0.2, 0.25) is 0 Å². The van der Waals surface area contributed by atoms with Gasteiger partial charge in [0.1, 0.15) is 0 Å². The maximum atomic E-state index is 2.45. The van der Waals surface area contributed by atoms with Crippen LogP contribution in [-0.2, 0) is 0 Å². The first-order valence-electron chi connectivity index (χ1n) is 3.22. The fraction of sp³-hybridized carbons (Fsp3) is 1.00. The number of alkyl halides is 2. The van der Waals surface area contributed by atoms with Gasteiger partial charge in [0.25, 0.3) is 0 Å². The summed E-state index contributed by atoms with van der Waals surface area (Å²) >= 11 is 4.83. The highest BCUT2D eigenvalue weighted by Gasteiger charge is 2.15. The Bertz CT molecular complexity index is 63.5. The maximum Gasteiger partial charge on any atom is 0.0137 e. The van der Waals surface area contributed by atoms with Gasteiger partial charge in [-0.25, -0.2) is 0 Å². The second kappa shape index (κ2) is 4.36. The SMILES string of the molecule is CC(C)(C)I.IC1CC1. The highest BCUT2D eigenvalue weighted by molar-refractivity contribution is 14.1. The Kier molecular flexibility index (Phi) is 5.07. The smallest absolute Gasteiger partial charge is 0.0137 e. The zero-order chi connectivity index (χ0) is 7.49. The summed E-state index contributed by atoms with van der Waals surface area (Å²) in [7, 11) is 0. The first-order chi connectivity index (χ1) is 3.89. The van der Waals surface area contributed by atoms with Crippen molar-refractivity contribution in [3.05, 3.63) is 0 Å². The molecule has 0 nitrogen and oxygen atoms in total. The van der Waals surface area contributed by atoms with Crippen LogP contribution in [0.1, 0.15) is 33.6 Å². The van der Waals surface area contributed by atoms with Gasteiger partial charge in [-0.15, -0.1) is 0 Å². The van der Waals surface area contributed by atoms with Crippen LogP contribution < -0.4 is 0 Å². The summed E-state index contributed by atoms with van der Waals surface area (Å²) in [6, 6.07) is 0. The molecule has 9 heavy (non-hydrogen) atoms. The van der Waals surface area contributed by atoms with Crippen LogP contribution in [0.25, 0.3) is 0 Å². The van der Waals surface area contributed by atoms with Gasteiger partial charge in [0.05, 0.1) is 0 Å². The zero-order valence-electron chi connectivity index (χ0n) is 6.25. The summed E-state index contributed by atoms with van der Waals surface area (Å²) in [6.45, 7) is 6.52. The molecule has 0 bridgehead atoms. The molecule has 0 heterocycles. The quantitative estimate of drug-likeness (QED) is 0.460. The minimum Gasteiger partial charge on any atom is -0.0826 e. The molecule has 2 heteroatoms. The molecule has 0 unspecified atom stereocenters. The molecular formula is C7H14I2. The molecule has 0 aromatic rings. The monoisotopic (exact) mass is 352 g/mol. The molecule has 0 aliphatic heterocycles. The number of hydrogen-bond acceptors (Lipinski definition) is 0. The lowest BCUT2D eigenvalue weighted by Gasteiger charge is -2.02. The molecule has 0 saturated heterocycles. The topological polar surface area (TPSA) is 0 Å². The van der Waals surface area contributed by atoms with Crippen LogP contribution >= 0.6 is 45.2 Å². The van der Waals surface area contributed by atoms with Crippen LogP contribution in [0.4, 0.5) is 0 Å². The van der Waals surface area contributed by atoms with E-state index in [0.29, 0.717) is 3.42 Å². The third kappa shape index (κ3) is 26.5. The summed E-state index contributed by atoms with van der Waals surface area (Å²) in [5, 5.41) is 0. The standard InChI is InChI=1S/C4H9I.C3H5I/c1-4(2,3)5;4-3-1-2-3/h1-3H3;3H,1-2H2. The third-order valence-corrected chi connectivity index (χ3v) is 1.75. The van der Waals surface area contributed by atoms with Crippen LogP contribution in [0, 0.1) is 0 Å². The number of halogens is 2. The highest BCUT2D eigenvalue weighted by Crippen LogP contribution is 2.28. The first kappa shape index (κ1) is 10.5. The molecule has 0 aromatic carbocycles. The van der Waals surface area contributed by atoms with Crippen LogP contribution in [0.3, 0.4) is 0 Å². The van der Waals surface area contributed by atoms with Gasteiger partial charge < -0.3 is 0 Å². The van der Waals surface area contributed by atoms with E-state index in [9.17, 15) is 0 Å².